The van der Waals surface area contributed by atoms with Gasteiger partial charge in [0.2, 0.25) is 0 Å². The number of hydrogen-bond donors (Lipinski definition) is 0. The van der Waals surface area contributed by atoms with Crippen LogP contribution in [0.2, 0.25) is 0 Å². The normalized spacial score (nSPS) is 9.86. The Kier molecular flexibility index (Phi) is 4.04. The summed E-state index contributed by atoms with van der Waals surface area (Å²) in [6.45, 7) is 4.31. The minimum absolute atomic E-state index is 0.270. The maximum absolute atomic E-state index is 11.3. The van der Waals surface area contributed by atoms with Gasteiger partial charge in [-0.1, -0.05) is 13.3 Å². The van der Waals surface area contributed by atoms with Crippen molar-refractivity contribution in [1.29, 1.82) is 0 Å². The van der Waals surface area contributed by atoms with Crippen LogP contribution in [0.15, 0.2) is 12.1 Å². The molecule has 1 aromatic rings. The smallest absolute Gasteiger partial charge is 0.358 e. The average molecular weight is 194 g/mol. The molecule has 4 heteroatoms. The van der Waals surface area contributed by atoms with Crippen molar-refractivity contribution in [2.45, 2.75) is 26.7 Å². The summed E-state index contributed by atoms with van der Waals surface area (Å²) in [7, 11) is 0. The van der Waals surface area contributed by atoms with Crippen LogP contribution in [0, 0.1) is 6.92 Å². The van der Waals surface area contributed by atoms with Gasteiger partial charge in [-0.25, -0.2) is 4.79 Å². The van der Waals surface area contributed by atoms with Gasteiger partial charge in [0, 0.05) is 0 Å². The molecule has 14 heavy (non-hydrogen) atoms. The largest absolute Gasteiger partial charge is 0.461 e. The Morgan fingerprint density at radius 1 is 1.43 bits per heavy atom. The molecule has 0 atom stereocenters. The van der Waals surface area contributed by atoms with Gasteiger partial charge in [-0.15, -0.1) is 5.10 Å². The first kappa shape index (κ1) is 10.6. The highest BCUT2D eigenvalue weighted by Crippen LogP contribution is 1.99. The number of carbonyl (C=O) groups excluding carboxylic acids is 1. The number of unbranched alkanes of at least 4 members (excludes halogenated alkanes) is 1. The minimum Gasteiger partial charge on any atom is -0.461 e. The zero-order valence-corrected chi connectivity index (χ0v) is 8.49. The van der Waals surface area contributed by atoms with E-state index in [9.17, 15) is 4.79 Å². The van der Waals surface area contributed by atoms with Crippen LogP contribution < -0.4 is 0 Å². The fourth-order valence-electron chi connectivity index (χ4n) is 0.891. The Morgan fingerprint density at radius 3 is 2.79 bits per heavy atom. The molecule has 0 fully saturated rings. The van der Waals surface area contributed by atoms with Crippen LogP contribution in [0.4, 0.5) is 0 Å². The number of nitrogens with zero attached hydrogens (tertiary/aromatic N) is 2. The van der Waals surface area contributed by atoms with Crippen LogP contribution in [0.1, 0.15) is 35.9 Å². The van der Waals surface area contributed by atoms with E-state index < -0.39 is 5.97 Å². The second-order valence-electron chi connectivity index (χ2n) is 3.05. The lowest BCUT2D eigenvalue weighted by Crippen LogP contribution is -2.09. The van der Waals surface area contributed by atoms with E-state index in [0.29, 0.717) is 6.61 Å². The molecule has 0 unspecified atom stereocenters. The third kappa shape index (κ3) is 3.12. The highest BCUT2D eigenvalue weighted by molar-refractivity contribution is 5.86. The van der Waals surface area contributed by atoms with Gasteiger partial charge in [0.15, 0.2) is 5.69 Å². The van der Waals surface area contributed by atoms with Gasteiger partial charge in [-0.3, -0.25) is 0 Å². The quantitative estimate of drug-likeness (QED) is 0.541. The second kappa shape index (κ2) is 5.32. The predicted molar refractivity (Wildman–Crippen MR) is 52.0 cm³/mol. The highest BCUT2D eigenvalue weighted by atomic mass is 16.5. The number of esters is 1. The zero-order valence-electron chi connectivity index (χ0n) is 8.49. The standard InChI is InChI=1S/C10H14N2O2/c1-3-4-7-14-10(13)9-6-5-8(2)11-12-9/h5-6H,3-4,7H2,1-2H3. The molecule has 0 radical (unpaired) electrons. The van der Waals surface area contributed by atoms with Gasteiger partial charge in [0.25, 0.3) is 0 Å². The van der Waals surface area contributed by atoms with Crippen LogP contribution in [0.3, 0.4) is 0 Å². The average Bonchev–Trinajstić information content (AvgIpc) is 2.19. The van der Waals surface area contributed by atoms with E-state index >= 15 is 0 Å². The number of aromatic nitrogens is 2. The number of ether oxygens (including phenoxy) is 1. The molecular weight excluding hydrogens is 180 g/mol. The summed E-state index contributed by atoms with van der Waals surface area (Å²) >= 11 is 0. The number of rotatable bonds is 4. The third-order valence-electron chi connectivity index (χ3n) is 1.74. The van der Waals surface area contributed by atoms with Crippen molar-refractivity contribution in [3.8, 4) is 0 Å². The molecule has 0 aromatic carbocycles. The summed E-state index contributed by atoms with van der Waals surface area (Å²) in [6.07, 6.45) is 1.89. The molecule has 1 heterocycles. The van der Waals surface area contributed by atoms with E-state index in [2.05, 4.69) is 10.2 Å². The highest BCUT2D eigenvalue weighted by Gasteiger charge is 2.07. The molecule has 0 aliphatic heterocycles. The number of aryl methyl sites for hydroxylation is 1. The van der Waals surface area contributed by atoms with Crippen LogP contribution in [-0.4, -0.2) is 22.8 Å². The van der Waals surface area contributed by atoms with E-state index in [1.54, 1.807) is 12.1 Å². The lowest BCUT2D eigenvalue weighted by molar-refractivity contribution is 0.0491. The van der Waals surface area contributed by atoms with E-state index in [1.807, 2.05) is 13.8 Å². The van der Waals surface area contributed by atoms with Crippen molar-refractivity contribution in [3.05, 3.63) is 23.5 Å². The predicted octanol–water partition coefficient (Wildman–Crippen LogP) is 1.74. The second-order valence-corrected chi connectivity index (χ2v) is 3.05. The van der Waals surface area contributed by atoms with Gasteiger partial charge in [0.1, 0.15) is 0 Å². The molecule has 0 N–H and O–H groups in total. The van der Waals surface area contributed by atoms with Gasteiger partial charge in [0.05, 0.1) is 12.3 Å². The van der Waals surface area contributed by atoms with Gasteiger partial charge >= 0.3 is 5.97 Å². The maximum atomic E-state index is 11.3. The van der Waals surface area contributed by atoms with Crippen LogP contribution in [-0.2, 0) is 4.74 Å². The lowest BCUT2D eigenvalue weighted by Gasteiger charge is -2.01. The van der Waals surface area contributed by atoms with E-state index in [0.717, 1.165) is 18.5 Å². The molecule has 1 rings (SSSR count). The topological polar surface area (TPSA) is 52.1 Å². The Labute approximate surface area is 83.3 Å². The number of hydrogen-bond acceptors (Lipinski definition) is 4. The summed E-state index contributed by atoms with van der Waals surface area (Å²) in [5, 5.41) is 7.51. The van der Waals surface area contributed by atoms with E-state index in [-0.39, 0.29) is 5.69 Å². The molecule has 0 bridgehead atoms. The summed E-state index contributed by atoms with van der Waals surface area (Å²) in [6, 6.07) is 3.36. The summed E-state index contributed by atoms with van der Waals surface area (Å²) in [4.78, 5) is 11.3. The van der Waals surface area contributed by atoms with Crippen molar-refractivity contribution < 1.29 is 9.53 Å². The first-order valence-corrected chi connectivity index (χ1v) is 4.71. The van der Waals surface area contributed by atoms with Gasteiger partial charge in [-0.05, 0) is 25.5 Å². The molecule has 0 saturated heterocycles. The molecule has 76 valence electrons. The van der Waals surface area contributed by atoms with Gasteiger partial charge in [-0.2, -0.15) is 5.10 Å². The van der Waals surface area contributed by atoms with Crippen LogP contribution >= 0.6 is 0 Å². The lowest BCUT2D eigenvalue weighted by atomic mass is 10.3. The Hall–Kier alpha value is -1.45. The zero-order chi connectivity index (χ0) is 10.4. The molecule has 4 nitrogen and oxygen atoms in total. The maximum Gasteiger partial charge on any atom is 0.358 e. The van der Waals surface area contributed by atoms with Crippen molar-refractivity contribution in [2.24, 2.45) is 0 Å². The minimum atomic E-state index is -0.397. The third-order valence-corrected chi connectivity index (χ3v) is 1.74. The Morgan fingerprint density at radius 2 is 2.21 bits per heavy atom. The molecular formula is C10H14N2O2. The summed E-state index contributed by atoms with van der Waals surface area (Å²) < 4.78 is 4.97. The number of carbonyl (C=O) groups is 1. The SMILES string of the molecule is CCCCOC(=O)c1ccc(C)nn1. The molecule has 0 aliphatic rings. The van der Waals surface area contributed by atoms with Crippen molar-refractivity contribution in [2.75, 3.05) is 6.61 Å². The van der Waals surface area contributed by atoms with E-state index in [4.69, 9.17) is 4.74 Å². The first-order chi connectivity index (χ1) is 6.74. The summed E-state index contributed by atoms with van der Waals surface area (Å²) in [5.74, 6) is -0.397. The summed E-state index contributed by atoms with van der Waals surface area (Å²) in [5.41, 5.74) is 1.06. The van der Waals surface area contributed by atoms with Gasteiger partial charge < -0.3 is 4.74 Å². The molecule has 0 amide bonds. The van der Waals surface area contributed by atoms with Crippen molar-refractivity contribution in [1.82, 2.24) is 10.2 Å². The fourth-order valence-corrected chi connectivity index (χ4v) is 0.891. The molecule has 0 saturated carbocycles. The van der Waals surface area contributed by atoms with Crippen molar-refractivity contribution >= 4 is 5.97 Å². The van der Waals surface area contributed by atoms with Crippen LogP contribution in [0.25, 0.3) is 0 Å². The molecule has 0 aliphatic carbocycles. The van der Waals surface area contributed by atoms with Crippen molar-refractivity contribution in [3.63, 3.8) is 0 Å². The Balaban J connectivity index is 2.48. The molecule has 0 spiro atoms. The fraction of sp³-hybridized carbons (Fsp3) is 0.500. The Bertz CT molecular complexity index is 295. The molecule has 1 aromatic heterocycles. The van der Waals surface area contributed by atoms with E-state index in [1.165, 1.54) is 0 Å². The monoisotopic (exact) mass is 194 g/mol. The first-order valence-electron chi connectivity index (χ1n) is 4.71. The van der Waals surface area contributed by atoms with Crippen LogP contribution in [0.5, 0.6) is 0 Å².